The predicted octanol–water partition coefficient (Wildman–Crippen LogP) is 2.17. The molecule has 0 aliphatic carbocycles. The molecule has 3 unspecified atom stereocenters. The van der Waals surface area contributed by atoms with Crippen molar-refractivity contribution in [3.05, 3.63) is 42.1 Å². The van der Waals surface area contributed by atoms with Crippen LogP contribution in [0.5, 0.6) is 0 Å². The average Bonchev–Trinajstić information content (AvgIpc) is 3.16. The van der Waals surface area contributed by atoms with Crippen molar-refractivity contribution >= 4 is 23.2 Å². The van der Waals surface area contributed by atoms with E-state index in [0.717, 1.165) is 42.4 Å². The van der Waals surface area contributed by atoms with E-state index in [9.17, 15) is 9.59 Å². The highest BCUT2D eigenvalue weighted by Crippen LogP contribution is 2.25. The zero-order valence-electron chi connectivity index (χ0n) is 15.9. The van der Waals surface area contributed by atoms with Gasteiger partial charge in [-0.2, -0.15) is 0 Å². The second-order valence-corrected chi connectivity index (χ2v) is 7.08. The molecule has 1 aromatic carbocycles. The number of likely N-dealkylation sites (tertiary alicyclic amines) is 1. The number of nitrogens with zero attached hydrogens (tertiary/aromatic N) is 2. The first-order chi connectivity index (χ1) is 13.1. The van der Waals surface area contributed by atoms with E-state index in [-0.39, 0.29) is 24.0 Å². The van der Waals surface area contributed by atoms with E-state index < -0.39 is 0 Å². The number of hydrogen-bond acceptors (Lipinski definition) is 4. The molecule has 0 radical (unpaired) electrons. The van der Waals surface area contributed by atoms with Crippen LogP contribution < -0.4 is 5.32 Å². The third kappa shape index (κ3) is 4.45. The highest BCUT2D eigenvalue weighted by atomic mass is 16.5. The van der Waals surface area contributed by atoms with Gasteiger partial charge in [0.2, 0.25) is 12.3 Å². The molecule has 2 amide bonds. The number of carbonyl (C=O) groups excluding carboxylic acids is 2. The van der Waals surface area contributed by atoms with E-state index in [1.807, 2.05) is 37.3 Å². The number of aromatic nitrogens is 1. The van der Waals surface area contributed by atoms with Crippen LogP contribution in [0.1, 0.15) is 25.5 Å². The lowest BCUT2D eigenvalue weighted by Gasteiger charge is -2.31. The number of para-hydroxylation sites is 1. The fourth-order valence-electron chi connectivity index (χ4n) is 3.86. The molecule has 1 N–H and O–H groups in total. The molecule has 0 spiro atoms. The highest BCUT2D eigenvalue weighted by molar-refractivity contribution is 5.79. The summed E-state index contributed by atoms with van der Waals surface area (Å²) in [7, 11) is 1.61. The molecule has 144 valence electrons. The second kappa shape index (κ2) is 8.95. The molecule has 1 aliphatic rings. The van der Waals surface area contributed by atoms with Crippen LogP contribution in [0.2, 0.25) is 0 Å². The summed E-state index contributed by atoms with van der Waals surface area (Å²) in [6, 6.07) is 12.0. The van der Waals surface area contributed by atoms with Gasteiger partial charge in [0.1, 0.15) is 0 Å². The third-order valence-corrected chi connectivity index (χ3v) is 5.37. The summed E-state index contributed by atoms with van der Waals surface area (Å²) in [6.07, 6.45) is 3.06. The Morgan fingerprint density at radius 1 is 1.37 bits per heavy atom. The van der Waals surface area contributed by atoms with Gasteiger partial charge >= 0.3 is 0 Å². The average molecular weight is 369 g/mol. The van der Waals surface area contributed by atoms with Gasteiger partial charge in [-0.3, -0.25) is 14.6 Å². The molecular formula is C21H27N3O3. The van der Waals surface area contributed by atoms with Gasteiger partial charge < -0.3 is 15.0 Å². The predicted molar refractivity (Wildman–Crippen MR) is 104 cm³/mol. The van der Waals surface area contributed by atoms with E-state index in [0.29, 0.717) is 13.0 Å². The van der Waals surface area contributed by atoms with Gasteiger partial charge in [0.05, 0.1) is 23.6 Å². The number of nitrogens with one attached hydrogen (secondary N) is 1. The van der Waals surface area contributed by atoms with Crippen molar-refractivity contribution in [2.75, 3.05) is 20.2 Å². The number of benzene rings is 1. The lowest BCUT2D eigenvalue weighted by atomic mass is 9.95. The molecule has 27 heavy (non-hydrogen) atoms. The fourth-order valence-corrected chi connectivity index (χ4v) is 3.86. The van der Waals surface area contributed by atoms with Crippen LogP contribution in [0.15, 0.2) is 36.4 Å². The van der Waals surface area contributed by atoms with Crippen LogP contribution in [-0.2, 0) is 20.7 Å². The number of hydrogen-bond donors (Lipinski definition) is 1. The zero-order chi connectivity index (χ0) is 19.2. The van der Waals surface area contributed by atoms with Crippen molar-refractivity contribution in [1.82, 2.24) is 15.2 Å². The van der Waals surface area contributed by atoms with Crippen molar-refractivity contribution in [2.24, 2.45) is 5.92 Å². The molecule has 0 saturated carbocycles. The zero-order valence-corrected chi connectivity index (χ0v) is 15.9. The summed E-state index contributed by atoms with van der Waals surface area (Å²) >= 11 is 0. The maximum atomic E-state index is 12.6. The van der Waals surface area contributed by atoms with Crippen molar-refractivity contribution in [3.8, 4) is 0 Å². The first kappa shape index (κ1) is 19.3. The van der Waals surface area contributed by atoms with Crippen LogP contribution in [0, 0.1) is 5.92 Å². The quantitative estimate of drug-likeness (QED) is 0.724. The van der Waals surface area contributed by atoms with E-state index in [2.05, 4.69) is 16.4 Å². The molecule has 1 fully saturated rings. The molecule has 0 bridgehead atoms. The Hall–Kier alpha value is -2.47. The van der Waals surface area contributed by atoms with Crippen LogP contribution >= 0.6 is 0 Å². The molecule has 1 aromatic heterocycles. The number of pyridine rings is 1. The molecule has 3 rings (SSSR count). The minimum atomic E-state index is -0.329. The van der Waals surface area contributed by atoms with Gasteiger partial charge in [-0.05, 0) is 25.0 Å². The lowest BCUT2D eigenvalue weighted by Crippen LogP contribution is -2.47. The SMILES string of the molecule is COC(C(C)C(=O)NCCc1ccc2ccccc2n1)C1CCCN1C=O. The van der Waals surface area contributed by atoms with Crippen LogP contribution in [0.4, 0.5) is 0 Å². The third-order valence-electron chi connectivity index (χ3n) is 5.37. The summed E-state index contributed by atoms with van der Waals surface area (Å²) < 4.78 is 5.59. The van der Waals surface area contributed by atoms with E-state index in [1.165, 1.54) is 0 Å². The second-order valence-electron chi connectivity index (χ2n) is 7.08. The number of carbonyl (C=O) groups is 2. The Bertz CT molecular complexity index is 795. The standard InChI is InChI=1S/C21H27N3O3/c1-15(20(27-2)19-8-5-13-24(19)14-25)21(26)22-12-11-17-10-9-16-6-3-4-7-18(16)23-17/h3-4,6-7,9-10,14-15,19-20H,5,8,11-13H2,1-2H3,(H,22,26). The lowest BCUT2D eigenvalue weighted by molar-refractivity contribution is -0.133. The Morgan fingerprint density at radius 3 is 2.96 bits per heavy atom. The maximum Gasteiger partial charge on any atom is 0.225 e. The summed E-state index contributed by atoms with van der Waals surface area (Å²) in [5, 5.41) is 4.09. The largest absolute Gasteiger partial charge is 0.378 e. The van der Waals surface area contributed by atoms with Gasteiger partial charge in [0, 0.05) is 37.7 Å². The van der Waals surface area contributed by atoms with Crippen molar-refractivity contribution < 1.29 is 14.3 Å². The molecule has 2 aromatic rings. The van der Waals surface area contributed by atoms with E-state index in [4.69, 9.17) is 4.74 Å². The first-order valence-electron chi connectivity index (χ1n) is 9.50. The number of rotatable bonds is 8. The van der Waals surface area contributed by atoms with Crippen LogP contribution in [0.25, 0.3) is 10.9 Å². The van der Waals surface area contributed by atoms with E-state index in [1.54, 1.807) is 12.0 Å². The van der Waals surface area contributed by atoms with Gasteiger partial charge in [0.15, 0.2) is 0 Å². The summed E-state index contributed by atoms with van der Waals surface area (Å²) in [4.78, 5) is 30.2. The molecule has 1 saturated heterocycles. The number of amides is 2. The minimum absolute atomic E-state index is 0.0320. The van der Waals surface area contributed by atoms with Crippen molar-refractivity contribution in [2.45, 2.75) is 38.3 Å². The Labute approximate surface area is 159 Å². The monoisotopic (exact) mass is 369 g/mol. The summed E-state index contributed by atoms with van der Waals surface area (Å²) in [5.41, 5.74) is 1.91. The van der Waals surface area contributed by atoms with Crippen LogP contribution in [0.3, 0.4) is 0 Å². The number of ether oxygens (including phenoxy) is 1. The maximum absolute atomic E-state index is 12.6. The molecule has 6 nitrogen and oxygen atoms in total. The molecule has 6 heteroatoms. The van der Waals surface area contributed by atoms with Gasteiger partial charge in [-0.1, -0.05) is 31.2 Å². The first-order valence-corrected chi connectivity index (χ1v) is 9.50. The smallest absolute Gasteiger partial charge is 0.225 e. The van der Waals surface area contributed by atoms with E-state index >= 15 is 0 Å². The van der Waals surface area contributed by atoms with Crippen LogP contribution in [-0.4, -0.2) is 54.5 Å². The molecule has 3 atom stereocenters. The van der Waals surface area contributed by atoms with Crippen molar-refractivity contribution in [1.29, 1.82) is 0 Å². The summed E-state index contributed by atoms with van der Waals surface area (Å²) in [6.45, 7) is 3.11. The molecular weight excluding hydrogens is 342 g/mol. The number of methoxy groups -OCH3 is 1. The topological polar surface area (TPSA) is 71.5 Å². The highest BCUT2D eigenvalue weighted by Gasteiger charge is 2.37. The minimum Gasteiger partial charge on any atom is -0.378 e. The Morgan fingerprint density at radius 2 is 2.19 bits per heavy atom. The Kier molecular flexibility index (Phi) is 6.40. The Balaban J connectivity index is 1.54. The fraction of sp³-hybridized carbons (Fsp3) is 0.476. The van der Waals surface area contributed by atoms with Gasteiger partial charge in [0.25, 0.3) is 0 Å². The molecule has 2 heterocycles. The van der Waals surface area contributed by atoms with Crippen molar-refractivity contribution in [3.63, 3.8) is 0 Å². The normalized spacial score (nSPS) is 19.0. The van der Waals surface area contributed by atoms with Gasteiger partial charge in [-0.25, -0.2) is 0 Å². The number of fused-ring (bicyclic) bond motifs is 1. The van der Waals surface area contributed by atoms with Gasteiger partial charge in [-0.15, -0.1) is 0 Å². The summed E-state index contributed by atoms with van der Waals surface area (Å²) in [5.74, 6) is -0.384. The molecule has 1 aliphatic heterocycles.